The van der Waals surface area contributed by atoms with E-state index >= 15 is 0 Å². The average molecular weight is 465 g/mol. The summed E-state index contributed by atoms with van der Waals surface area (Å²) < 4.78 is 16.9. The lowest BCUT2D eigenvalue weighted by molar-refractivity contribution is -0.00203. The minimum atomic E-state index is -3.51. The van der Waals surface area contributed by atoms with E-state index in [1.54, 1.807) is 5.38 Å². The van der Waals surface area contributed by atoms with E-state index in [4.69, 9.17) is 10.1 Å². The molecule has 0 saturated carbocycles. The van der Waals surface area contributed by atoms with Crippen molar-refractivity contribution in [3.05, 3.63) is 39.5 Å². The summed E-state index contributed by atoms with van der Waals surface area (Å²) >= 11 is 1.03. The topological polar surface area (TPSA) is 138 Å². The summed E-state index contributed by atoms with van der Waals surface area (Å²) in [6.45, 7) is 5.26. The van der Waals surface area contributed by atoms with Gasteiger partial charge in [0.25, 0.3) is 0 Å². The molecule has 2 atom stereocenters. The van der Waals surface area contributed by atoms with Gasteiger partial charge in [-0.15, -0.1) is 15.7 Å². The number of fused-ring (bicyclic) bond motifs is 2. The molecule has 0 radical (unpaired) electrons. The van der Waals surface area contributed by atoms with E-state index in [9.17, 15) is 19.2 Å². The van der Waals surface area contributed by atoms with Gasteiger partial charge < -0.3 is 15.5 Å². The van der Waals surface area contributed by atoms with Crippen LogP contribution in [0.2, 0.25) is 0 Å². The Labute approximate surface area is 186 Å². The summed E-state index contributed by atoms with van der Waals surface area (Å²) in [4.78, 5) is 17.7. The maximum absolute atomic E-state index is 13.0. The van der Waals surface area contributed by atoms with E-state index in [0.29, 0.717) is 5.56 Å². The summed E-state index contributed by atoms with van der Waals surface area (Å²) in [7, 11) is -3.51. The van der Waals surface area contributed by atoms with Gasteiger partial charge in [-0.1, -0.05) is 13.8 Å². The smallest absolute Gasteiger partial charge is 0.354 e. The first kappa shape index (κ1) is 22.3. The molecular weight excluding hydrogens is 436 g/mol. The van der Waals surface area contributed by atoms with E-state index < -0.39 is 28.2 Å². The highest BCUT2D eigenvalue weighted by atomic mass is 32.2. The van der Waals surface area contributed by atoms with Crippen molar-refractivity contribution >= 4 is 33.0 Å². The number of carbonyl (C=O) groups is 1. The molecule has 31 heavy (non-hydrogen) atoms. The Morgan fingerprint density at radius 2 is 2.13 bits per heavy atom. The van der Waals surface area contributed by atoms with Crippen LogP contribution in [0.4, 0.5) is 10.5 Å². The number of nitrogens with zero attached hydrogens (tertiary/aromatic N) is 2. The molecule has 0 fully saturated rings. The molecule has 0 aliphatic heterocycles. The van der Waals surface area contributed by atoms with Crippen LogP contribution >= 0.6 is 11.3 Å². The van der Waals surface area contributed by atoms with Crippen molar-refractivity contribution in [2.24, 2.45) is 9.50 Å². The number of hydrogen-bond acceptors (Lipinski definition) is 6. The maximum Gasteiger partial charge on any atom is 0.354 e. The number of urea groups is 1. The first-order valence-corrected chi connectivity index (χ1v) is 12.7. The second kappa shape index (κ2) is 7.63. The molecule has 10 heteroatoms. The molecule has 168 valence electrons. The quantitative estimate of drug-likeness (QED) is 0.551. The van der Waals surface area contributed by atoms with Crippen molar-refractivity contribution in [1.29, 1.82) is 0 Å². The predicted molar refractivity (Wildman–Crippen MR) is 121 cm³/mol. The Hall–Kier alpha value is -1.85. The molecule has 0 aromatic carbocycles. The highest BCUT2D eigenvalue weighted by Gasteiger charge is 2.36. The number of carbonyl (C=O) groups excluding carboxylic acids is 1. The molecule has 0 spiro atoms. The zero-order chi connectivity index (χ0) is 22.6. The second-order valence-corrected chi connectivity index (χ2v) is 12.1. The van der Waals surface area contributed by atoms with E-state index in [-0.39, 0.29) is 9.62 Å². The molecule has 2 amide bonds. The number of nitrogens with one attached hydrogen (secondary N) is 1. The number of amides is 2. The van der Waals surface area contributed by atoms with Gasteiger partial charge in [-0.25, -0.2) is 14.1 Å². The van der Waals surface area contributed by atoms with Crippen molar-refractivity contribution in [3.8, 4) is 0 Å². The molecule has 5 N–H and O–H groups in total. The fourth-order valence-electron chi connectivity index (χ4n) is 4.27. The fourth-order valence-corrected chi connectivity index (χ4v) is 6.52. The zero-order valence-electron chi connectivity index (χ0n) is 17.9. The van der Waals surface area contributed by atoms with Crippen molar-refractivity contribution in [1.82, 2.24) is 4.98 Å². The van der Waals surface area contributed by atoms with Gasteiger partial charge in [0.15, 0.2) is 9.92 Å². The van der Waals surface area contributed by atoms with Crippen LogP contribution in [0.1, 0.15) is 61.7 Å². The van der Waals surface area contributed by atoms with Crippen LogP contribution in [-0.2, 0) is 40.2 Å². The minimum absolute atomic E-state index is 0.0536. The van der Waals surface area contributed by atoms with Gasteiger partial charge >= 0.3 is 6.03 Å². The van der Waals surface area contributed by atoms with E-state index in [2.05, 4.69) is 23.5 Å². The zero-order valence-corrected chi connectivity index (χ0v) is 19.5. The summed E-state index contributed by atoms with van der Waals surface area (Å²) in [5, 5.41) is 29.8. The number of aryl methyl sites for hydroxylation is 1. The number of thiophene rings is 1. The SMILES string of the molecule is CC1(C)CCc2c1nc1c(c2NC(=O)N=[S@](N)(=O)c2cc([C@](C)(O)CO)cs2)CCC1. The number of aliphatic hydroxyl groups is 2. The predicted octanol–water partition coefficient (Wildman–Crippen LogP) is 2.99. The van der Waals surface area contributed by atoms with Crippen molar-refractivity contribution in [3.63, 3.8) is 0 Å². The lowest BCUT2D eigenvalue weighted by Crippen LogP contribution is -2.25. The van der Waals surface area contributed by atoms with E-state index in [0.717, 1.165) is 71.6 Å². The Morgan fingerprint density at radius 1 is 1.39 bits per heavy atom. The number of anilines is 1. The van der Waals surface area contributed by atoms with Gasteiger partial charge in [0.1, 0.15) is 9.81 Å². The number of pyridine rings is 1. The molecule has 2 aromatic heterocycles. The summed E-state index contributed by atoms with van der Waals surface area (Å²) in [6.07, 6.45) is 4.49. The van der Waals surface area contributed by atoms with E-state index in [1.165, 1.54) is 13.0 Å². The van der Waals surface area contributed by atoms with Crippen LogP contribution in [0, 0.1) is 0 Å². The average Bonchev–Trinajstić information content (AvgIpc) is 3.41. The van der Waals surface area contributed by atoms with Gasteiger partial charge in [-0.2, -0.15) is 0 Å². The Morgan fingerprint density at radius 3 is 2.84 bits per heavy atom. The van der Waals surface area contributed by atoms with Crippen LogP contribution in [0.25, 0.3) is 0 Å². The van der Waals surface area contributed by atoms with Gasteiger partial charge in [0.05, 0.1) is 18.0 Å². The van der Waals surface area contributed by atoms with Gasteiger partial charge in [-0.3, -0.25) is 4.98 Å². The third-order valence-corrected chi connectivity index (χ3v) is 9.07. The van der Waals surface area contributed by atoms with E-state index in [1.807, 2.05) is 0 Å². The number of hydrogen-bond donors (Lipinski definition) is 4. The first-order valence-electron chi connectivity index (χ1n) is 10.3. The molecular formula is C21H28N4O4S2. The molecule has 0 saturated heterocycles. The number of nitrogens with two attached hydrogens (primary N) is 1. The summed E-state index contributed by atoms with van der Waals surface area (Å²) in [5.41, 5.74) is 3.70. The van der Waals surface area contributed by atoms with Crippen molar-refractivity contribution in [2.75, 3.05) is 11.9 Å². The Balaban J connectivity index is 1.67. The fraction of sp³-hybridized carbons (Fsp3) is 0.524. The molecule has 8 nitrogen and oxygen atoms in total. The Bertz CT molecular complexity index is 1180. The van der Waals surface area contributed by atoms with Crippen LogP contribution in [0.3, 0.4) is 0 Å². The standard InChI is InChI=1S/C21H28N4O4S2/c1-20(2)8-7-14-17(13-5-4-6-15(13)23-18(14)20)24-19(27)25-31(22,29)16-9-12(10-30-16)21(3,28)11-26/h9-10,26,28H,4-8,11H2,1-3H3,(H3,22,23,24,25,27,29)/t21-,31+/m1/s1. The molecule has 2 aliphatic carbocycles. The largest absolute Gasteiger partial charge is 0.393 e. The highest BCUT2D eigenvalue weighted by Crippen LogP contribution is 2.44. The minimum Gasteiger partial charge on any atom is -0.393 e. The lowest BCUT2D eigenvalue weighted by atomic mass is 9.90. The van der Waals surface area contributed by atoms with Crippen molar-refractivity contribution in [2.45, 2.75) is 68.1 Å². The molecule has 2 aromatic rings. The van der Waals surface area contributed by atoms with Gasteiger partial charge in [-0.05, 0) is 67.2 Å². The highest BCUT2D eigenvalue weighted by molar-refractivity contribution is 7.93. The third kappa shape index (κ3) is 4.03. The monoisotopic (exact) mass is 464 g/mol. The number of rotatable bonds is 4. The molecule has 2 heterocycles. The third-order valence-electron chi connectivity index (χ3n) is 6.21. The molecule has 4 rings (SSSR count). The summed E-state index contributed by atoms with van der Waals surface area (Å²) in [6, 6.07) is 0.660. The van der Waals surface area contributed by atoms with Crippen molar-refractivity contribution < 1.29 is 19.2 Å². The van der Waals surface area contributed by atoms with Gasteiger partial charge in [0.2, 0.25) is 0 Å². The second-order valence-electron chi connectivity index (χ2n) is 9.15. The van der Waals surface area contributed by atoms with Crippen LogP contribution in [0.15, 0.2) is 20.0 Å². The van der Waals surface area contributed by atoms with Gasteiger partial charge in [0, 0.05) is 11.1 Å². The maximum atomic E-state index is 13.0. The van der Waals surface area contributed by atoms with Crippen LogP contribution in [0.5, 0.6) is 0 Å². The van der Waals surface area contributed by atoms with Crippen LogP contribution in [-0.4, -0.2) is 32.0 Å². The lowest BCUT2D eigenvalue weighted by Gasteiger charge is -2.20. The normalized spacial score (nSPS) is 20.5. The first-order chi connectivity index (χ1) is 14.4. The number of aromatic nitrogens is 1. The molecule has 2 aliphatic rings. The molecule has 0 bridgehead atoms. The molecule has 0 unspecified atom stereocenters. The summed E-state index contributed by atoms with van der Waals surface area (Å²) in [5.74, 6) is 0. The Kier molecular flexibility index (Phi) is 5.50. The van der Waals surface area contributed by atoms with Crippen LogP contribution < -0.4 is 10.5 Å². The number of aliphatic hydroxyl groups excluding tert-OH is 1.